The van der Waals surface area contributed by atoms with Crippen LogP contribution in [0.2, 0.25) is 0 Å². The number of halogens is 2. The first-order valence-electron chi connectivity index (χ1n) is 8.58. The number of aryl methyl sites for hydroxylation is 1. The van der Waals surface area contributed by atoms with Gasteiger partial charge in [-0.2, -0.15) is 0 Å². The highest BCUT2D eigenvalue weighted by atomic mass is 19.2. The molecule has 1 N–H and O–H groups in total. The van der Waals surface area contributed by atoms with Gasteiger partial charge in [0.05, 0.1) is 30.0 Å². The number of anilines is 2. The molecule has 8 heteroatoms. The zero-order valence-electron chi connectivity index (χ0n) is 14.7. The van der Waals surface area contributed by atoms with E-state index in [0.717, 1.165) is 6.07 Å². The quantitative estimate of drug-likeness (QED) is 0.768. The van der Waals surface area contributed by atoms with Gasteiger partial charge >= 0.3 is 0 Å². The van der Waals surface area contributed by atoms with Crippen LogP contribution < -0.4 is 5.32 Å². The van der Waals surface area contributed by atoms with Crippen LogP contribution in [0.3, 0.4) is 0 Å². The lowest BCUT2D eigenvalue weighted by Crippen LogP contribution is -2.40. The average molecular weight is 372 g/mol. The van der Waals surface area contributed by atoms with Gasteiger partial charge in [-0.05, 0) is 18.2 Å². The van der Waals surface area contributed by atoms with Crippen LogP contribution in [0.4, 0.5) is 20.3 Å². The Labute approximate surface area is 154 Å². The molecule has 1 aliphatic heterocycles. The molecule has 27 heavy (non-hydrogen) atoms. The summed E-state index contributed by atoms with van der Waals surface area (Å²) in [5.74, 6) is -1.69. The first-order chi connectivity index (χ1) is 13.1. The monoisotopic (exact) mass is 372 g/mol. The number of benzene rings is 1. The zero-order chi connectivity index (χ0) is 19.0. The molecule has 0 atom stereocenters. The minimum Gasteiger partial charge on any atom is -0.378 e. The molecule has 2 aromatic heterocycles. The Morgan fingerprint density at radius 2 is 2.00 bits per heavy atom. The molecule has 0 aliphatic carbocycles. The summed E-state index contributed by atoms with van der Waals surface area (Å²) >= 11 is 0. The maximum Gasteiger partial charge on any atom is 0.257 e. The fourth-order valence-electron chi connectivity index (χ4n) is 3.24. The lowest BCUT2D eigenvalue weighted by molar-refractivity contribution is 0.0303. The Morgan fingerprint density at radius 1 is 1.22 bits per heavy atom. The van der Waals surface area contributed by atoms with Crippen molar-refractivity contribution in [1.29, 1.82) is 0 Å². The van der Waals surface area contributed by atoms with Gasteiger partial charge in [-0.1, -0.05) is 6.07 Å². The predicted molar refractivity (Wildman–Crippen MR) is 97.1 cm³/mol. The highest BCUT2D eigenvalue weighted by Gasteiger charge is 2.23. The largest absolute Gasteiger partial charge is 0.378 e. The van der Waals surface area contributed by atoms with E-state index in [-0.39, 0.29) is 11.6 Å². The van der Waals surface area contributed by atoms with E-state index in [4.69, 9.17) is 4.74 Å². The molecule has 1 fully saturated rings. The number of amides is 1. The molecule has 0 unspecified atom stereocenters. The van der Waals surface area contributed by atoms with Crippen LogP contribution in [-0.2, 0) is 11.8 Å². The standard InChI is InChI=1S/C19H18F2N4O2/c1-24-6-5-12-17(24)13(19(26)25-7-9-27-10-8-25)11-22-18(12)23-15-4-2-3-14(20)16(15)21/h2-6,11H,7-10H2,1H3,(H,22,23). The molecular formula is C19H18F2N4O2. The Morgan fingerprint density at radius 3 is 2.78 bits per heavy atom. The minimum atomic E-state index is -0.975. The number of carbonyl (C=O) groups excluding carboxylic acids is 1. The van der Waals surface area contributed by atoms with Gasteiger partial charge in [0, 0.05) is 37.9 Å². The summed E-state index contributed by atoms with van der Waals surface area (Å²) < 4.78 is 34.6. The lowest BCUT2D eigenvalue weighted by atomic mass is 10.1. The fourth-order valence-corrected chi connectivity index (χ4v) is 3.24. The summed E-state index contributed by atoms with van der Waals surface area (Å²) in [6, 6.07) is 5.69. The topological polar surface area (TPSA) is 59.4 Å². The van der Waals surface area contributed by atoms with Gasteiger partial charge in [-0.25, -0.2) is 13.8 Å². The molecule has 3 heterocycles. The van der Waals surface area contributed by atoms with E-state index >= 15 is 0 Å². The number of rotatable bonds is 3. The Hall–Kier alpha value is -3.00. The fraction of sp³-hybridized carbons (Fsp3) is 0.263. The number of nitrogens with one attached hydrogen (secondary N) is 1. The maximum absolute atomic E-state index is 14.0. The molecule has 0 radical (unpaired) electrons. The van der Waals surface area contributed by atoms with Crippen molar-refractivity contribution in [1.82, 2.24) is 14.5 Å². The summed E-state index contributed by atoms with van der Waals surface area (Å²) in [6.45, 7) is 2.07. The van der Waals surface area contributed by atoms with Crippen LogP contribution in [0.25, 0.3) is 10.9 Å². The van der Waals surface area contributed by atoms with Crippen molar-refractivity contribution in [2.24, 2.45) is 7.05 Å². The van der Waals surface area contributed by atoms with Crippen molar-refractivity contribution < 1.29 is 18.3 Å². The van der Waals surface area contributed by atoms with Crippen LogP contribution in [0.15, 0.2) is 36.7 Å². The Bertz CT molecular complexity index is 1010. The molecule has 140 valence electrons. The van der Waals surface area contributed by atoms with Crippen LogP contribution in [0.1, 0.15) is 10.4 Å². The number of hydrogen-bond acceptors (Lipinski definition) is 4. The molecule has 1 aliphatic rings. The van der Waals surface area contributed by atoms with E-state index in [0.29, 0.717) is 48.6 Å². The number of hydrogen-bond donors (Lipinski definition) is 1. The minimum absolute atomic E-state index is 0.0140. The van der Waals surface area contributed by atoms with Gasteiger partial charge in [0.15, 0.2) is 11.6 Å². The molecule has 0 bridgehead atoms. The number of pyridine rings is 1. The summed E-state index contributed by atoms with van der Waals surface area (Å²) in [4.78, 5) is 19.0. The predicted octanol–water partition coefficient (Wildman–Crippen LogP) is 3.07. The smallest absolute Gasteiger partial charge is 0.257 e. The van der Waals surface area contributed by atoms with E-state index in [2.05, 4.69) is 10.3 Å². The van der Waals surface area contributed by atoms with Crippen LogP contribution in [0.5, 0.6) is 0 Å². The van der Waals surface area contributed by atoms with E-state index in [1.54, 1.807) is 17.2 Å². The average Bonchev–Trinajstić information content (AvgIpc) is 3.08. The summed E-state index contributed by atoms with van der Waals surface area (Å²) in [6.07, 6.45) is 3.27. The van der Waals surface area contributed by atoms with Gasteiger partial charge in [0.25, 0.3) is 5.91 Å². The normalized spacial score (nSPS) is 14.6. The van der Waals surface area contributed by atoms with Crippen molar-refractivity contribution in [3.8, 4) is 0 Å². The van der Waals surface area contributed by atoms with Crippen molar-refractivity contribution >= 4 is 28.3 Å². The van der Waals surface area contributed by atoms with Crippen molar-refractivity contribution in [3.63, 3.8) is 0 Å². The zero-order valence-corrected chi connectivity index (χ0v) is 14.7. The third-order valence-corrected chi connectivity index (χ3v) is 4.64. The van der Waals surface area contributed by atoms with E-state index in [9.17, 15) is 13.6 Å². The second-order valence-corrected chi connectivity index (χ2v) is 6.34. The van der Waals surface area contributed by atoms with Gasteiger partial charge in [-0.3, -0.25) is 4.79 Å². The molecule has 1 aromatic carbocycles. The lowest BCUT2D eigenvalue weighted by Gasteiger charge is -2.27. The van der Waals surface area contributed by atoms with Crippen LogP contribution in [-0.4, -0.2) is 46.7 Å². The van der Waals surface area contributed by atoms with Crippen molar-refractivity contribution in [2.75, 3.05) is 31.6 Å². The number of ether oxygens (including phenoxy) is 1. The highest BCUT2D eigenvalue weighted by Crippen LogP contribution is 2.29. The molecule has 1 amide bonds. The number of carbonyl (C=O) groups is 1. The second kappa shape index (κ2) is 6.96. The molecule has 0 saturated carbocycles. The van der Waals surface area contributed by atoms with Crippen LogP contribution in [0, 0.1) is 11.6 Å². The third-order valence-electron chi connectivity index (χ3n) is 4.64. The molecule has 4 rings (SSSR count). The molecule has 6 nitrogen and oxygen atoms in total. The molecular weight excluding hydrogens is 354 g/mol. The van der Waals surface area contributed by atoms with E-state index in [1.807, 2.05) is 11.6 Å². The Kier molecular flexibility index (Phi) is 4.49. The first-order valence-corrected chi connectivity index (χ1v) is 8.58. The van der Waals surface area contributed by atoms with Gasteiger partial charge < -0.3 is 19.5 Å². The van der Waals surface area contributed by atoms with Crippen molar-refractivity contribution in [3.05, 3.63) is 53.9 Å². The van der Waals surface area contributed by atoms with E-state index < -0.39 is 11.6 Å². The number of morpholine rings is 1. The highest BCUT2D eigenvalue weighted by molar-refractivity contribution is 6.08. The first kappa shape index (κ1) is 17.4. The van der Waals surface area contributed by atoms with Gasteiger partial charge in [0.2, 0.25) is 0 Å². The number of fused-ring (bicyclic) bond motifs is 1. The van der Waals surface area contributed by atoms with E-state index in [1.165, 1.54) is 18.3 Å². The maximum atomic E-state index is 14.0. The third kappa shape index (κ3) is 3.12. The number of nitrogens with zero attached hydrogens (tertiary/aromatic N) is 3. The SMILES string of the molecule is Cn1ccc2c(Nc3cccc(F)c3F)ncc(C(=O)N3CCOCC3)c21. The summed E-state index contributed by atoms with van der Waals surface area (Å²) in [5.41, 5.74) is 1.13. The van der Waals surface area contributed by atoms with Gasteiger partial charge in [-0.15, -0.1) is 0 Å². The molecule has 3 aromatic rings. The van der Waals surface area contributed by atoms with Crippen molar-refractivity contribution in [2.45, 2.75) is 0 Å². The Balaban J connectivity index is 1.75. The second-order valence-electron chi connectivity index (χ2n) is 6.34. The summed E-state index contributed by atoms with van der Waals surface area (Å²) in [7, 11) is 1.82. The summed E-state index contributed by atoms with van der Waals surface area (Å²) in [5, 5.41) is 3.48. The van der Waals surface area contributed by atoms with Gasteiger partial charge in [0.1, 0.15) is 5.82 Å². The number of aromatic nitrogens is 2. The molecule has 0 spiro atoms. The molecule has 1 saturated heterocycles. The van der Waals surface area contributed by atoms with Crippen LogP contribution >= 0.6 is 0 Å².